The molecular weight excluding hydrogens is 366 g/mol. The topological polar surface area (TPSA) is 75.6 Å². The van der Waals surface area contributed by atoms with Gasteiger partial charge < -0.3 is 19.9 Å². The fourth-order valence-corrected chi connectivity index (χ4v) is 3.67. The van der Waals surface area contributed by atoms with Crippen LogP contribution >= 0.6 is 0 Å². The number of hydrogen-bond acceptors (Lipinski definition) is 3. The van der Waals surface area contributed by atoms with Crippen LogP contribution in [-0.4, -0.2) is 42.9 Å². The molecule has 1 aromatic heterocycles. The molecule has 0 saturated heterocycles. The molecule has 1 heterocycles. The smallest absolute Gasteiger partial charge is 0.279 e. The molecule has 0 saturated carbocycles. The molecule has 2 atom stereocenters. The molecule has 3 aromatic rings. The average molecular weight is 394 g/mol. The van der Waals surface area contributed by atoms with Crippen LogP contribution in [-0.2, 0) is 4.79 Å². The van der Waals surface area contributed by atoms with Gasteiger partial charge in [0.05, 0.1) is 19.2 Å². The lowest BCUT2D eigenvalue weighted by Gasteiger charge is -2.23. The summed E-state index contributed by atoms with van der Waals surface area (Å²) < 4.78 is 5.13. The van der Waals surface area contributed by atoms with Crippen molar-refractivity contribution in [1.29, 1.82) is 0 Å². The highest BCUT2D eigenvalue weighted by atomic mass is 16.5. The summed E-state index contributed by atoms with van der Waals surface area (Å²) in [5, 5.41) is 3.83. The number of ketones is 1. The van der Waals surface area contributed by atoms with Crippen molar-refractivity contribution in [2.45, 2.75) is 26.8 Å². The van der Waals surface area contributed by atoms with Crippen LogP contribution in [0.25, 0.3) is 10.9 Å². The maximum atomic E-state index is 13.3. The number of benzene rings is 2. The predicted molar refractivity (Wildman–Crippen MR) is 115 cm³/mol. The third-order valence-electron chi connectivity index (χ3n) is 5.36. The number of Topliss-reactive ketones (excluding diaryl/α,β-unsaturated/α-hetero) is 1. The van der Waals surface area contributed by atoms with Crippen LogP contribution in [0, 0.1) is 6.92 Å². The van der Waals surface area contributed by atoms with E-state index in [4.69, 9.17) is 4.74 Å². The first-order valence-electron chi connectivity index (χ1n) is 9.84. The van der Waals surface area contributed by atoms with E-state index >= 15 is 0 Å². The van der Waals surface area contributed by atoms with Crippen molar-refractivity contribution in [2.24, 2.45) is 0 Å². The highest BCUT2D eigenvalue weighted by Crippen LogP contribution is 2.22. The summed E-state index contributed by atoms with van der Waals surface area (Å²) in [4.78, 5) is 30.0. The second kappa shape index (κ2) is 8.92. The summed E-state index contributed by atoms with van der Waals surface area (Å²) in [6, 6.07) is 14.7. The number of anilines is 1. The molecule has 1 amide bonds. The van der Waals surface area contributed by atoms with E-state index in [1.54, 1.807) is 31.4 Å². The second-order valence-electron chi connectivity index (χ2n) is 7.22. The summed E-state index contributed by atoms with van der Waals surface area (Å²) in [5.41, 5.74) is 3.24. The highest BCUT2D eigenvalue weighted by Gasteiger charge is 2.29. The lowest BCUT2D eigenvalue weighted by Crippen LogP contribution is -3.17. The standard InChI is InChI=1S/C23H27N3O3/c1-5-26(14-21(27)25-17-10-12-18(29-4)13-11-17)16(3)23(28)22-15(2)24-20-9-7-6-8-19(20)22/h6-13,16,24H,5,14H2,1-4H3,(H,25,27)/p+1/t16-/m1/s1. The number of nitrogens with one attached hydrogen (secondary N) is 3. The van der Waals surface area contributed by atoms with Crippen LogP contribution in [0.3, 0.4) is 0 Å². The van der Waals surface area contributed by atoms with Crippen molar-refractivity contribution < 1.29 is 19.2 Å². The Balaban J connectivity index is 1.72. The molecule has 152 valence electrons. The van der Waals surface area contributed by atoms with E-state index in [-0.39, 0.29) is 24.3 Å². The Morgan fingerprint density at radius 3 is 2.48 bits per heavy atom. The predicted octanol–water partition coefficient (Wildman–Crippen LogP) is 2.60. The van der Waals surface area contributed by atoms with E-state index in [0.29, 0.717) is 12.2 Å². The molecule has 3 N–H and O–H groups in total. The molecule has 6 heteroatoms. The van der Waals surface area contributed by atoms with Crippen LogP contribution in [0.2, 0.25) is 0 Å². The van der Waals surface area contributed by atoms with Crippen molar-refractivity contribution in [3.63, 3.8) is 0 Å². The molecule has 0 aliphatic heterocycles. The molecule has 3 rings (SSSR count). The lowest BCUT2D eigenvalue weighted by molar-refractivity contribution is -0.903. The van der Waals surface area contributed by atoms with E-state index in [1.807, 2.05) is 45.0 Å². The molecule has 0 spiro atoms. The number of quaternary nitrogens is 1. The van der Waals surface area contributed by atoms with E-state index in [0.717, 1.165) is 32.8 Å². The minimum atomic E-state index is -0.334. The number of aromatic amines is 1. The van der Waals surface area contributed by atoms with Gasteiger partial charge in [-0.1, -0.05) is 18.2 Å². The Kier molecular flexibility index (Phi) is 6.34. The monoisotopic (exact) mass is 394 g/mol. The number of methoxy groups -OCH3 is 1. The lowest BCUT2D eigenvalue weighted by atomic mass is 10.0. The molecule has 0 radical (unpaired) electrons. The van der Waals surface area contributed by atoms with E-state index in [9.17, 15) is 9.59 Å². The number of aromatic nitrogens is 1. The zero-order chi connectivity index (χ0) is 21.0. The van der Waals surface area contributed by atoms with Gasteiger partial charge in [-0.05, 0) is 51.1 Å². The largest absolute Gasteiger partial charge is 0.497 e. The summed E-state index contributed by atoms with van der Waals surface area (Å²) in [7, 11) is 1.60. The summed E-state index contributed by atoms with van der Waals surface area (Å²) in [6.45, 7) is 6.69. The van der Waals surface area contributed by atoms with Gasteiger partial charge in [0.25, 0.3) is 5.91 Å². The molecule has 29 heavy (non-hydrogen) atoms. The van der Waals surface area contributed by atoms with Gasteiger partial charge in [0.2, 0.25) is 5.78 Å². The maximum absolute atomic E-state index is 13.3. The van der Waals surface area contributed by atoms with Gasteiger partial charge in [0.1, 0.15) is 11.8 Å². The Bertz CT molecular complexity index is 1010. The minimum absolute atomic E-state index is 0.0500. The second-order valence-corrected chi connectivity index (χ2v) is 7.22. The SMILES string of the molecule is CC[NH+](CC(=O)Nc1ccc(OC)cc1)[C@H](C)C(=O)c1c(C)[nH]c2ccccc12. The van der Waals surface area contributed by atoms with Gasteiger partial charge in [-0.25, -0.2) is 0 Å². The van der Waals surface area contributed by atoms with Crippen molar-refractivity contribution in [3.8, 4) is 5.75 Å². The number of para-hydroxylation sites is 1. The summed E-state index contributed by atoms with van der Waals surface area (Å²) in [5.74, 6) is 0.661. The maximum Gasteiger partial charge on any atom is 0.279 e. The van der Waals surface area contributed by atoms with E-state index in [2.05, 4.69) is 10.3 Å². The Morgan fingerprint density at radius 2 is 1.83 bits per heavy atom. The van der Waals surface area contributed by atoms with Crippen LogP contribution < -0.4 is 15.0 Å². The Hall–Kier alpha value is -3.12. The van der Waals surface area contributed by atoms with Gasteiger partial charge in [-0.15, -0.1) is 0 Å². The third-order valence-corrected chi connectivity index (χ3v) is 5.36. The number of ether oxygens (including phenoxy) is 1. The average Bonchev–Trinajstić information content (AvgIpc) is 3.07. The van der Waals surface area contributed by atoms with Gasteiger partial charge in [0, 0.05) is 22.3 Å². The normalized spacial score (nSPS) is 13.1. The van der Waals surface area contributed by atoms with Crippen LogP contribution in [0.15, 0.2) is 48.5 Å². The van der Waals surface area contributed by atoms with E-state index in [1.165, 1.54) is 0 Å². The van der Waals surface area contributed by atoms with Crippen molar-refractivity contribution in [1.82, 2.24) is 4.98 Å². The molecule has 0 aliphatic rings. The number of carbonyl (C=O) groups excluding carboxylic acids is 2. The number of likely N-dealkylation sites (N-methyl/N-ethyl adjacent to an activating group) is 1. The number of aryl methyl sites for hydroxylation is 1. The number of hydrogen-bond donors (Lipinski definition) is 3. The molecule has 6 nitrogen and oxygen atoms in total. The zero-order valence-electron chi connectivity index (χ0n) is 17.3. The van der Waals surface area contributed by atoms with Gasteiger partial charge in [-0.2, -0.15) is 0 Å². The molecule has 0 bridgehead atoms. The minimum Gasteiger partial charge on any atom is -0.497 e. The molecule has 2 aromatic carbocycles. The first-order valence-corrected chi connectivity index (χ1v) is 9.84. The quantitative estimate of drug-likeness (QED) is 0.514. The highest BCUT2D eigenvalue weighted by molar-refractivity contribution is 6.11. The Labute approximate surface area is 170 Å². The number of rotatable bonds is 8. The Morgan fingerprint density at radius 1 is 1.14 bits per heavy atom. The van der Waals surface area contributed by atoms with Crippen molar-refractivity contribution >= 4 is 28.3 Å². The fraction of sp³-hybridized carbons (Fsp3) is 0.304. The van der Waals surface area contributed by atoms with Gasteiger partial charge in [0.15, 0.2) is 6.54 Å². The number of H-pyrrole nitrogens is 1. The van der Waals surface area contributed by atoms with Crippen molar-refractivity contribution in [3.05, 3.63) is 59.8 Å². The summed E-state index contributed by atoms with van der Waals surface area (Å²) >= 11 is 0. The first-order chi connectivity index (χ1) is 13.9. The molecule has 0 fully saturated rings. The molecular formula is C23H28N3O3+. The van der Waals surface area contributed by atoms with Crippen molar-refractivity contribution in [2.75, 3.05) is 25.5 Å². The summed E-state index contributed by atoms with van der Waals surface area (Å²) in [6.07, 6.45) is 0. The number of carbonyl (C=O) groups is 2. The van der Waals surface area contributed by atoms with Gasteiger partial charge >= 0.3 is 0 Å². The zero-order valence-corrected chi connectivity index (χ0v) is 17.3. The fourth-order valence-electron chi connectivity index (χ4n) is 3.67. The first kappa shape index (κ1) is 20.6. The van der Waals surface area contributed by atoms with E-state index < -0.39 is 0 Å². The molecule has 0 aliphatic carbocycles. The third kappa shape index (κ3) is 4.49. The van der Waals surface area contributed by atoms with Crippen LogP contribution in [0.5, 0.6) is 5.75 Å². The van der Waals surface area contributed by atoms with Crippen LogP contribution in [0.4, 0.5) is 5.69 Å². The number of fused-ring (bicyclic) bond motifs is 1. The van der Waals surface area contributed by atoms with Crippen LogP contribution in [0.1, 0.15) is 29.9 Å². The number of amides is 1. The van der Waals surface area contributed by atoms with Gasteiger partial charge in [-0.3, -0.25) is 9.59 Å². The molecule has 1 unspecified atom stereocenters.